The number of amides is 2. The number of hydrogen-bond acceptors (Lipinski definition) is 2. The van der Waals surface area contributed by atoms with Crippen LogP contribution in [-0.4, -0.2) is 20.7 Å². The van der Waals surface area contributed by atoms with Crippen molar-refractivity contribution in [1.82, 2.24) is 14.7 Å². The number of anilines is 1. The zero-order valence-electron chi connectivity index (χ0n) is 10.1. The van der Waals surface area contributed by atoms with E-state index in [1.165, 1.54) is 0 Å². The van der Waals surface area contributed by atoms with Gasteiger partial charge in [0.25, 0.3) is 0 Å². The summed E-state index contributed by atoms with van der Waals surface area (Å²) in [6.45, 7) is 1.21. The maximum atomic E-state index is 12.0. The third-order valence-electron chi connectivity index (χ3n) is 3.01. The van der Waals surface area contributed by atoms with E-state index in [4.69, 9.17) is 0 Å². The Kier molecular flexibility index (Phi) is 2.51. The van der Waals surface area contributed by atoms with Crippen LogP contribution in [0.3, 0.4) is 0 Å². The van der Waals surface area contributed by atoms with Gasteiger partial charge in [0.2, 0.25) is 0 Å². The minimum atomic E-state index is -0.0816. The van der Waals surface area contributed by atoms with Crippen LogP contribution in [-0.2, 0) is 20.1 Å². The van der Waals surface area contributed by atoms with Gasteiger partial charge in [-0.05, 0) is 12.1 Å². The van der Waals surface area contributed by atoms with Gasteiger partial charge in [0, 0.05) is 24.5 Å². The van der Waals surface area contributed by atoms with Gasteiger partial charge >= 0.3 is 6.03 Å². The predicted molar refractivity (Wildman–Crippen MR) is 67.9 cm³/mol. The Morgan fingerprint density at radius 1 is 1.28 bits per heavy atom. The van der Waals surface area contributed by atoms with Crippen LogP contribution in [0.5, 0.6) is 0 Å². The second kappa shape index (κ2) is 4.18. The van der Waals surface area contributed by atoms with Crippen molar-refractivity contribution in [3.05, 3.63) is 47.8 Å². The average molecular weight is 242 g/mol. The largest absolute Gasteiger partial charge is 0.322 e. The number of urea groups is 1. The molecule has 0 aliphatic carbocycles. The first-order valence-electron chi connectivity index (χ1n) is 5.85. The highest BCUT2D eigenvalue weighted by Gasteiger charge is 2.25. The monoisotopic (exact) mass is 242 g/mol. The lowest BCUT2D eigenvalue weighted by molar-refractivity contribution is 0.212. The summed E-state index contributed by atoms with van der Waals surface area (Å²) in [5, 5.41) is 7.20. The molecule has 2 heterocycles. The van der Waals surface area contributed by atoms with Crippen molar-refractivity contribution in [2.45, 2.75) is 13.1 Å². The average Bonchev–Trinajstić information content (AvgIpc) is 2.87. The van der Waals surface area contributed by atoms with Gasteiger partial charge in [0.1, 0.15) is 0 Å². The molecule has 0 spiro atoms. The summed E-state index contributed by atoms with van der Waals surface area (Å²) in [6, 6.07) is 9.39. The fourth-order valence-corrected chi connectivity index (χ4v) is 2.16. The minimum absolute atomic E-state index is 0.0816. The first-order valence-corrected chi connectivity index (χ1v) is 5.85. The number of carbonyl (C=O) groups excluding carboxylic acids is 1. The Balaban J connectivity index is 1.67. The van der Waals surface area contributed by atoms with Crippen molar-refractivity contribution >= 4 is 11.7 Å². The van der Waals surface area contributed by atoms with Crippen molar-refractivity contribution in [1.29, 1.82) is 0 Å². The Morgan fingerprint density at radius 2 is 2.06 bits per heavy atom. The molecule has 0 atom stereocenters. The quantitative estimate of drug-likeness (QED) is 0.831. The highest BCUT2D eigenvalue weighted by Crippen LogP contribution is 2.21. The van der Waals surface area contributed by atoms with E-state index >= 15 is 0 Å². The molecule has 3 rings (SSSR count). The van der Waals surface area contributed by atoms with E-state index in [0.29, 0.717) is 13.1 Å². The van der Waals surface area contributed by atoms with Crippen LogP contribution in [0.15, 0.2) is 36.5 Å². The van der Waals surface area contributed by atoms with E-state index in [9.17, 15) is 4.79 Å². The van der Waals surface area contributed by atoms with E-state index in [2.05, 4.69) is 10.4 Å². The van der Waals surface area contributed by atoms with Crippen molar-refractivity contribution < 1.29 is 4.79 Å². The number of aryl methyl sites for hydroxylation is 1. The lowest BCUT2D eigenvalue weighted by Crippen LogP contribution is -2.30. The molecule has 5 nitrogen and oxygen atoms in total. The van der Waals surface area contributed by atoms with E-state index in [-0.39, 0.29) is 6.03 Å². The molecule has 1 aromatic carbocycles. The van der Waals surface area contributed by atoms with E-state index < -0.39 is 0 Å². The normalized spacial score (nSPS) is 13.5. The van der Waals surface area contributed by atoms with E-state index in [1.54, 1.807) is 9.58 Å². The summed E-state index contributed by atoms with van der Waals surface area (Å²) in [5.74, 6) is 0. The third-order valence-corrected chi connectivity index (χ3v) is 3.01. The summed E-state index contributed by atoms with van der Waals surface area (Å²) in [6.07, 6.45) is 1.96. The summed E-state index contributed by atoms with van der Waals surface area (Å²) in [5.41, 5.74) is 2.93. The number of carbonyl (C=O) groups is 1. The molecule has 1 aliphatic rings. The number of hydrogen-bond donors (Lipinski definition) is 1. The van der Waals surface area contributed by atoms with Gasteiger partial charge in [0.15, 0.2) is 0 Å². The standard InChI is InChI=1S/C13H14N4O/c1-16-7-10-8-17(9-12(10)15-16)13(18)14-11-5-3-2-4-6-11/h2-7H,8-9H2,1H3,(H,14,18). The van der Waals surface area contributed by atoms with Crippen LogP contribution in [0, 0.1) is 0 Å². The van der Waals surface area contributed by atoms with Crippen molar-refractivity contribution in [2.24, 2.45) is 7.05 Å². The number of aromatic nitrogens is 2. The molecule has 2 amide bonds. The number of rotatable bonds is 1. The molecule has 5 heteroatoms. The Hall–Kier alpha value is -2.30. The van der Waals surface area contributed by atoms with Gasteiger partial charge in [-0.15, -0.1) is 0 Å². The number of nitrogens with one attached hydrogen (secondary N) is 1. The molecular formula is C13H14N4O. The molecular weight excluding hydrogens is 228 g/mol. The second-order valence-electron chi connectivity index (χ2n) is 4.43. The van der Waals surface area contributed by atoms with E-state index in [1.807, 2.05) is 43.6 Å². The smallest absolute Gasteiger partial charge is 0.314 e. The highest BCUT2D eigenvalue weighted by molar-refractivity contribution is 5.89. The van der Waals surface area contributed by atoms with Crippen LogP contribution in [0.25, 0.3) is 0 Å². The second-order valence-corrected chi connectivity index (χ2v) is 4.43. The maximum absolute atomic E-state index is 12.0. The molecule has 1 N–H and O–H groups in total. The topological polar surface area (TPSA) is 50.2 Å². The van der Waals surface area contributed by atoms with Gasteiger partial charge in [0.05, 0.1) is 18.8 Å². The first kappa shape index (κ1) is 10.8. The summed E-state index contributed by atoms with van der Waals surface area (Å²) in [4.78, 5) is 13.8. The third kappa shape index (κ3) is 1.95. The molecule has 0 radical (unpaired) electrons. The molecule has 92 valence electrons. The number of nitrogens with zero attached hydrogens (tertiary/aromatic N) is 3. The molecule has 0 saturated carbocycles. The van der Waals surface area contributed by atoms with Gasteiger partial charge in [-0.25, -0.2) is 4.79 Å². The molecule has 1 aromatic heterocycles. The molecule has 18 heavy (non-hydrogen) atoms. The minimum Gasteiger partial charge on any atom is -0.314 e. The lowest BCUT2D eigenvalue weighted by atomic mass is 10.3. The molecule has 0 saturated heterocycles. The molecule has 1 aliphatic heterocycles. The van der Waals surface area contributed by atoms with Crippen LogP contribution < -0.4 is 5.32 Å². The fraction of sp³-hybridized carbons (Fsp3) is 0.231. The maximum Gasteiger partial charge on any atom is 0.322 e. The van der Waals surface area contributed by atoms with Gasteiger partial charge in [-0.2, -0.15) is 5.10 Å². The summed E-state index contributed by atoms with van der Waals surface area (Å²) in [7, 11) is 1.90. The Labute approximate surface area is 105 Å². The van der Waals surface area contributed by atoms with Crippen LogP contribution >= 0.6 is 0 Å². The Bertz CT molecular complexity index is 552. The van der Waals surface area contributed by atoms with Crippen LogP contribution in [0.4, 0.5) is 10.5 Å². The summed E-state index contributed by atoms with van der Waals surface area (Å²) >= 11 is 0. The molecule has 0 fully saturated rings. The first-order chi connectivity index (χ1) is 8.72. The fourth-order valence-electron chi connectivity index (χ4n) is 2.16. The van der Waals surface area contributed by atoms with E-state index in [0.717, 1.165) is 16.9 Å². The lowest BCUT2D eigenvalue weighted by Gasteiger charge is -2.16. The molecule has 2 aromatic rings. The van der Waals surface area contributed by atoms with Gasteiger partial charge < -0.3 is 10.2 Å². The van der Waals surface area contributed by atoms with Crippen molar-refractivity contribution in [3.63, 3.8) is 0 Å². The van der Waals surface area contributed by atoms with Crippen molar-refractivity contribution in [2.75, 3.05) is 5.32 Å². The summed E-state index contributed by atoms with van der Waals surface area (Å²) < 4.78 is 1.79. The van der Waals surface area contributed by atoms with Gasteiger partial charge in [-0.1, -0.05) is 18.2 Å². The van der Waals surface area contributed by atoms with Gasteiger partial charge in [-0.3, -0.25) is 4.68 Å². The highest BCUT2D eigenvalue weighted by atomic mass is 16.2. The number of fused-ring (bicyclic) bond motifs is 1. The zero-order valence-corrected chi connectivity index (χ0v) is 10.1. The molecule has 0 unspecified atom stereocenters. The van der Waals surface area contributed by atoms with Crippen LogP contribution in [0.1, 0.15) is 11.3 Å². The predicted octanol–water partition coefficient (Wildman–Crippen LogP) is 1.97. The number of benzene rings is 1. The number of para-hydroxylation sites is 1. The van der Waals surface area contributed by atoms with Crippen molar-refractivity contribution in [3.8, 4) is 0 Å². The molecule has 0 bridgehead atoms. The SMILES string of the molecule is Cn1cc2c(n1)CN(C(=O)Nc1ccccc1)C2. The Morgan fingerprint density at radius 3 is 2.78 bits per heavy atom. The van der Waals surface area contributed by atoms with Crippen LogP contribution in [0.2, 0.25) is 0 Å². The zero-order chi connectivity index (χ0) is 12.5.